The Labute approximate surface area is 115 Å². The van der Waals surface area contributed by atoms with Gasteiger partial charge in [0.05, 0.1) is 13.2 Å². The molecular formula is C15H24O4. The van der Waals surface area contributed by atoms with E-state index in [0.717, 1.165) is 12.8 Å². The molecule has 0 unspecified atom stereocenters. The molecule has 0 heterocycles. The van der Waals surface area contributed by atoms with E-state index in [1.54, 1.807) is 19.9 Å². The molecule has 0 spiro atoms. The van der Waals surface area contributed by atoms with E-state index in [1.807, 2.05) is 0 Å². The fraction of sp³-hybridized carbons (Fsp3) is 0.667. The smallest absolute Gasteiger partial charge is 0.320 e. The Morgan fingerprint density at radius 2 is 1.68 bits per heavy atom. The summed E-state index contributed by atoms with van der Waals surface area (Å²) < 4.78 is 9.94. The molecule has 4 heteroatoms. The van der Waals surface area contributed by atoms with Gasteiger partial charge in [-0.3, -0.25) is 9.59 Å². The summed E-state index contributed by atoms with van der Waals surface area (Å²) in [7, 11) is 0. The van der Waals surface area contributed by atoms with Crippen molar-refractivity contribution >= 4 is 11.9 Å². The Morgan fingerprint density at radius 3 is 2.05 bits per heavy atom. The van der Waals surface area contributed by atoms with Crippen LogP contribution < -0.4 is 0 Å². The number of ether oxygens (including phenoxy) is 2. The summed E-state index contributed by atoms with van der Waals surface area (Å²) >= 11 is 0. The first kappa shape index (κ1) is 17.5. The first-order valence-corrected chi connectivity index (χ1v) is 6.81. The summed E-state index contributed by atoms with van der Waals surface area (Å²) in [5, 5.41) is 0. The first-order chi connectivity index (χ1) is 9.12. The van der Waals surface area contributed by atoms with E-state index < -0.39 is 17.9 Å². The Bertz CT molecular complexity index is 311. The molecule has 1 atom stereocenters. The minimum absolute atomic E-state index is 0.243. The number of unbranched alkanes of at least 4 members (excludes halogenated alkanes) is 1. The third kappa shape index (κ3) is 6.25. The van der Waals surface area contributed by atoms with Crippen molar-refractivity contribution in [2.24, 2.45) is 11.8 Å². The lowest BCUT2D eigenvalue weighted by Crippen LogP contribution is -2.33. The normalized spacial score (nSPS) is 11.6. The molecule has 0 amide bonds. The van der Waals surface area contributed by atoms with Crippen LogP contribution in [0.4, 0.5) is 0 Å². The second-order valence-electron chi connectivity index (χ2n) is 4.16. The molecule has 0 saturated heterocycles. The number of carbonyl (C=O) groups excluding carboxylic acids is 2. The highest BCUT2D eigenvalue weighted by Gasteiger charge is 2.35. The van der Waals surface area contributed by atoms with Crippen molar-refractivity contribution in [3.63, 3.8) is 0 Å². The van der Waals surface area contributed by atoms with Gasteiger partial charge in [0.1, 0.15) is 0 Å². The third-order valence-electron chi connectivity index (χ3n) is 2.73. The van der Waals surface area contributed by atoms with Crippen molar-refractivity contribution in [3.8, 4) is 0 Å². The molecule has 0 saturated carbocycles. The predicted molar refractivity (Wildman–Crippen MR) is 73.5 cm³/mol. The van der Waals surface area contributed by atoms with E-state index in [2.05, 4.69) is 19.2 Å². The average molecular weight is 268 g/mol. The van der Waals surface area contributed by atoms with Crippen LogP contribution in [0.5, 0.6) is 0 Å². The minimum atomic E-state index is -0.916. The van der Waals surface area contributed by atoms with E-state index in [0.29, 0.717) is 6.42 Å². The lowest BCUT2D eigenvalue weighted by atomic mass is 9.87. The standard InChI is InChI=1S/C15H24O4/c1-5-9-11-12(10-6-2)13(14(16)18-7-3)15(17)19-8-4/h10,12-13H,2,5,7-9,11H2,1,3-4H3/t12-/m1/s1. The Hall–Kier alpha value is -1.54. The van der Waals surface area contributed by atoms with Crippen molar-refractivity contribution < 1.29 is 19.1 Å². The fourth-order valence-electron chi connectivity index (χ4n) is 1.85. The molecule has 0 fully saturated rings. The van der Waals surface area contributed by atoms with E-state index in [1.165, 1.54) is 0 Å². The van der Waals surface area contributed by atoms with Crippen LogP contribution in [0.3, 0.4) is 0 Å². The topological polar surface area (TPSA) is 52.6 Å². The molecule has 0 aliphatic carbocycles. The minimum Gasteiger partial charge on any atom is -0.465 e. The molecule has 0 bridgehead atoms. The van der Waals surface area contributed by atoms with Gasteiger partial charge < -0.3 is 9.47 Å². The van der Waals surface area contributed by atoms with Gasteiger partial charge in [-0.1, -0.05) is 26.3 Å². The van der Waals surface area contributed by atoms with Crippen molar-refractivity contribution in [2.45, 2.75) is 40.0 Å². The van der Waals surface area contributed by atoms with Gasteiger partial charge in [0.25, 0.3) is 0 Å². The van der Waals surface area contributed by atoms with Gasteiger partial charge in [-0.05, 0) is 26.3 Å². The second kappa shape index (κ2) is 10.4. The van der Waals surface area contributed by atoms with Crippen LogP contribution in [0.15, 0.2) is 18.4 Å². The number of allylic oxidation sites excluding steroid dienone is 1. The van der Waals surface area contributed by atoms with E-state index >= 15 is 0 Å². The number of esters is 2. The van der Waals surface area contributed by atoms with Gasteiger partial charge in [0.2, 0.25) is 0 Å². The van der Waals surface area contributed by atoms with Crippen molar-refractivity contribution in [3.05, 3.63) is 18.4 Å². The lowest BCUT2D eigenvalue weighted by molar-refractivity contribution is -0.163. The van der Waals surface area contributed by atoms with Gasteiger partial charge in [-0.2, -0.15) is 0 Å². The van der Waals surface area contributed by atoms with E-state index in [9.17, 15) is 9.59 Å². The number of hydrogen-bond acceptors (Lipinski definition) is 4. The monoisotopic (exact) mass is 268 g/mol. The summed E-state index contributed by atoms with van der Waals surface area (Å²) in [6.45, 7) is 9.48. The van der Waals surface area contributed by atoms with Crippen LogP contribution in [0.25, 0.3) is 0 Å². The molecule has 0 aliphatic rings. The molecule has 4 nitrogen and oxygen atoms in total. The Kier molecular flexibility index (Phi) is 9.55. The van der Waals surface area contributed by atoms with Crippen LogP contribution in [-0.2, 0) is 19.1 Å². The third-order valence-corrected chi connectivity index (χ3v) is 2.73. The molecule has 0 aromatic rings. The Balaban J connectivity index is 5.07. The maximum atomic E-state index is 11.9. The highest BCUT2D eigenvalue weighted by molar-refractivity contribution is 5.95. The van der Waals surface area contributed by atoms with Gasteiger partial charge in [0.15, 0.2) is 5.92 Å². The predicted octanol–water partition coefficient (Wildman–Crippen LogP) is 2.88. The molecular weight excluding hydrogens is 244 g/mol. The van der Waals surface area contributed by atoms with Crippen LogP contribution in [-0.4, -0.2) is 25.2 Å². The summed E-state index contributed by atoms with van der Waals surface area (Å²) in [5.74, 6) is -2.25. The van der Waals surface area contributed by atoms with Crippen molar-refractivity contribution in [1.29, 1.82) is 0 Å². The zero-order chi connectivity index (χ0) is 14.7. The second-order valence-corrected chi connectivity index (χ2v) is 4.16. The van der Waals surface area contributed by atoms with Crippen LogP contribution in [0.2, 0.25) is 0 Å². The van der Waals surface area contributed by atoms with Gasteiger partial charge in [0, 0.05) is 5.92 Å². The summed E-state index contributed by atoms with van der Waals surface area (Å²) in [5.41, 5.74) is 2.66. The maximum Gasteiger partial charge on any atom is 0.320 e. The van der Waals surface area contributed by atoms with Crippen LogP contribution in [0, 0.1) is 11.8 Å². The SMILES string of the molecule is C=C=C[C@H](CCCC)C(C(=O)OCC)C(=O)OCC. The van der Waals surface area contributed by atoms with Crippen LogP contribution >= 0.6 is 0 Å². The molecule has 0 aromatic carbocycles. The number of hydrogen-bond donors (Lipinski definition) is 0. The van der Waals surface area contributed by atoms with Gasteiger partial charge in [-0.25, -0.2) is 0 Å². The average Bonchev–Trinajstić information content (AvgIpc) is 2.37. The molecule has 19 heavy (non-hydrogen) atoms. The largest absolute Gasteiger partial charge is 0.465 e. The van der Waals surface area contributed by atoms with Gasteiger partial charge >= 0.3 is 11.9 Å². The summed E-state index contributed by atoms with van der Waals surface area (Å²) in [6, 6.07) is 0. The van der Waals surface area contributed by atoms with Crippen molar-refractivity contribution in [2.75, 3.05) is 13.2 Å². The zero-order valence-electron chi connectivity index (χ0n) is 12.1. The van der Waals surface area contributed by atoms with Gasteiger partial charge in [-0.15, -0.1) is 5.73 Å². The van der Waals surface area contributed by atoms with E-state index in [-0.39, 0.29) is 19.1 Å². The van der Waals surface area contributed by atoms with Crippen LogP contribution in [0.1, 0.15) is 40.0 Å². The quantitative estimate of drug-likeness (QED) is 0.366. The molecule has 0 rings (SSSR count). The zero-order valence-corrected chi connectivity index (χ0v) is 12.1. The van der Waals surface area contributed by atoms with E-state index in [4.69, 9.17) is 9.47 Å². The van der Waals surface area contributed by atoms with Crippen molar-refractivity contribution in [1.82, 2.24) is 0 Å². The molecule has 108 valence electrons. The molecule has 0 radical (unpaired) electrons. The lowest BCUT2D eigenvalue weighted by Gasteiger charge is -2.20. The number of carbonyl (C=O) groups is 2. The summed E-state index contributed by atoms with van der Waals surface area (Å²) in [4.78, 5) is 23.9. The highest BCUT2D eigenvalue weighted by Crippen LogP contribution is 2.23. The summed E-state index contributed by atoms with van der Waals surface area (Å²) in [6.07, 6.45) is 4.27. The number of rotatable bonds is 9. The Morgan fingerprint density at radius 1 is 1.16 bits per heavy atom. The molecule has 0 N–H and O–H groups in total. The highest BCUT2D eigenvalue weighted by atomic mass is 16.6. The molecule has 0 aliphatic heterocycles. The molecule has 0 aromatic heterocycles. The first-order valence-electron chi connectivity index (χ1n) is 6.81. The maximum absolute atomic E-state index is 11.9. The fourth-order valence-corrected chi connectivity index (χ4v) is 1.85.